The molecule has 2 rings (SSSR count). The molecule has 112 valence electrons. The molecule has 2 aromatic rings. The number of nitrogens with one attached hydrogen (secondary N) is 1. The highest BCUT2D eigenvalue weighted by Crippen LogP contribution is 2.11. The van der Waals surface area contributed by atoms with Gasteiger partial charge < -0.3 is 5.32 Å². The predicted octanol–water partition coefficient (Wildman–Crippen LogP) is 3.60. The molecule has 0 heterocycles. The molecule has 1 N–H and O–H groups in total. The predicted molar refractivity (Wildman–Crippen MR) is 91.5 cm³/mol. The van der Waals surface area contributed by atoms with Gasteiger partial charge in [-0.25, -0.2) is 0 Å². The van der Waals surface area contributed by atoms with E-state index >= 15 is 0 Å². The fourth-order valence-electron chi connectivity index (χ4n) is 2.12. The van der Waals surface area contributed by atoms with Crippen LogP contribution in [0.15, 0.2) is 53.3 Å². The monoisotopic (exact) mass is 293 g/mol. The molecule has 22 heavy (non-hydrogen) atoms. The molecule has 0 radical (unpaired) electrons. The van der Waals surface area contributed by atoms with Gasteiger partial charge in [0.05, 0.1) is 11.3 Å². The van der Waals surface area contributed by atoms with Gasteiger partial charge in [-0.05, 0) is 48.7 Å². The van der Waals surface area contributed by atoms with E-state index in [0.29, 0.717) is 5.69 Å². The Labute approximate surface area is 130 Å². The van der Waals surface area contributed by atoms with Crippen molar-refractivity contribution in [2.75, 3.05) is 12.4 Å². The number of carbonyl (C=O) groups is 1. The van der Waals surface area contributed by atoms with Crippen LogP contribution in [0.4, 0.5) is 5.69 Å². The van der Waals surface area contributed by atoms with Crippen molar-refractivity contribution >= 4 is 17.5 Å². The average molecular weight is 293 g/mol. The van der Waals surface area contributed by atoms with E-state index < -0.39 is 0 Å². The summed E-state index contributed by atoms with van der Waals surface area (Å²) in [4.78, 5) is 24.5. The van der Waals surface area contributed by atoms with Crippen LogP contribution in [0.5, 0.6) is 0 Å². The lowest BCUT2D eigenvalue weighted by Gasteiger charge is -2.00. The maximum Gasteiger partial charge on any atom is 0.212 e. The standard InChI is InChI=1S/C19H19NO2/c1-13-8-9-15(12-14(13)2)10-11-18(21)16-6-4-5-7-17(20-3)19(16)22/h4-12H,1-3H3,(H,20,22). The molecule has 0 spiro atoms. The number of anilines is 1. The highest BCUT2D eigenvalue weighted by Gasteiger charge is 2.08. The van der Waals surface area contributed by atoms with E-state index in [4.69, 9.17) is 0 Å². The second kappa shape index (κ2) is 6.85. The molecule has 0 bridgehead atoms. The summed E-state index contributed by atoms with van der Waals surface area (Å²) in [5, 5.41) is 2.81. The molecule has 0 amide bonds. The summed E-state index contributed by atoms with van der Waals surface area (Å²) in [7, 11) is 1.66. The normalized spacial score (nSPS) is 10.7. The zero-order valence-electron chi connectivity index (χ0n) is 13.0. The molecule has 0 fully saturated rings. The first-order chi connectivity index (χ1) is 10.5. The van der Waals surface area contributed by atoms with Gasteiger partial charge in [0.1, 0.15) is 0 Å². The van der Waals surface area contributed by atoms with Gasteiger partial charge in [0.15, 0.2) is 5.78 Å². The van der Waals surface area contributed by atoms with Crippen molar-refractivity contribution in [3.63, 3.8) is 0 Å². The topological polar surface area (TPSA) is 46.2 Å². The van der Waals surface area contributed by atoms with Crippen LogP contribution in [0.2, 0.25) is 0 Å². The molecule has 0 aliphatic rings. The Morgan fingerprint density at radius 3 is 2.45 bits per heavy atom. The third-order valence-electron chi connectivity index (χ3n) is 3.62. The van der Waals surface area contributed by atoms with E-state index in [9.17, 15) is 9.59 Å². The molecule has 2 aromatic carbocycles. The quantitative estimate of drug-likeness (QED) is 0.692. The SMILES string of the molecule is CNc1ccccc(C(=O)C=Cc2ccc(C)c(C)c2)c1=O. The number of hydrogen-bond donors (Lipinski definition) is 1. The van der Waals surface area contributed by atoms with Gasteiger partial charge in [0.25, 0.3) is 0 Å². The lowest BCUT2D eigenvalue weighted by atomic mass is 10.0. The van der Waals surface area contributed by atoms with Crippen molar-refractivity contribution in [2.24, 2.45) is 0 Å². The minimum absolute atomic E-state index is 0.162. The van der Waals surface area contributed by atoms with Gasteiger partial charge >= 0.3 is 0 Å². The smallest absolute Gasteiger partial charge is 0.212 e. The summed E-state index contributed by atoms with van der Waals surface area (Å²) in [5.74, 6) is -0.295. The van der Waals surface area contributed by atoms with Crippen LogP contribution in [0.25, 0.3) is 6.08 Å². The van der Waals surface area contributed by atoms with Crippen molar-refractivity contribution in [2.45, 2.75) is 13.8 Å². The Bertz CT molecular complexity index is 792. The fraction of sp³-hybridized carbons (Fsp3) is 0.158. The van der Waals surface area contributed by atoms with Gasteiger partial charge in [0.2, 0.25) is 5.43 Å². The Morgan fingerprint density at radius 1 is 1.05 bits per heavy atom. The molecular formula is C19H19NO2. The number of carbonyl (C=O) groups excluding carboxylic acids is 1. The maximum atomic E-state index is 12.3. The van der Waals surface area contributed by atoms with Gasteiger partial charge in [-0.3, -0.25) is 9.59 Å². The van der Waals surface area contributed by atoms with Gasteiger partial charge in [0, 0.05) is 7.05 Å². The highest BCUT2D eigenvalue weighted by atomic mass is 16.1. The molecule has 0 atom stereocenters. The van der Waals surface area contributed by atoms with E-state index in [1.54, 1.807) is 37.4 Å². The first-order valence-electron chi connectivity index (χ1n) is 7.13. The van der Waals surface area contributed by atoms with Crippen LogP contribution >= 0.6 is 0 Å². The molecule has 0 aromatic heterocycles. The van der Waals surface area contributed by atoms with Crippen molar-refractivity contribution in [3.05, 3.63) is 81.0 Å². The van der Waals surface area contributed by atoms with E-state index in [1.165, 1.54) is 17.2 Å². The zero-order chi connectivity index (χ0) is 16.1. The van der Waals surface area contributed by atoms with Crippen molar-refractivity contribution < 1.29 is 4.79 Å². The van der Waals surface area contributed by atoms with Crippen LogP contribution in [0.3, 0.4) is 0 Å². The number of allylic oxidation sites excluding steroid dienone is 1. The zero-order valence-corrected chi connectivity index (χ0v) is 13.0. The fourth-order valence-corrected chi connectivity index (χ4v) is 2.12. The van der Waals surface area contributed by atoms with Crippen LogP contribution in [-0.4, -0.2) is 12.8 Å². The van der Waals surface area contributed by atoms with Crippen LogP contribution < -0.4 is 10.7 Å². The third-order valence-corrected chi connectivity index (χ3v) is 3.62. The van der Waals surface area contributed by atoms with Gasteiger partial charge in [-0.1, -0.05) is 36.4 Å². The largest absolute Gasteiger partial charge is 0.385 e. The molecule has 0 unspecified atom stereocenters. The minimum Gasteiger partial charge on any atom is -0.385 e. The number of aryl methyl sites for hydroxylation is 2. The van der Waals surface area contributed by atoms with Gasteiger partial charge in [-0.15, -0.1) is 0 Å². The molecule has 3 nitrogen and oxygen atoms in total. The molecule has 3 heteroatoms. The molecule has 0 aliphatic carbocycles. The first kappa shape index (κ1) is 15.7. The van der Waals surface area contributed by atoms with Crippen molar-refractivity contribution in [3.8, 4) is 0 Å². The second-order valence-corrected chi connectivity index (χ2v) is 5.17. The minimum atomic E-state index is -0.295. The summed E-state index contributed by atoms with van der Waals surface area (Å²) >= 11 is 0. The number of rotatable bonds is 4. The van der Waals surface area contributed by atoms with E-state index in [0.717, 1.165) is 5.56 Å². The van der Waals surface area contributed by atoms with E-state index in [2.05, 4.69) is 5.32 Å². The highest BCUT2D eigenvalue weighted by molar-refractivity contribution is 6.07. The van der Waals surface area contributed by atoms with Crippen molar-refractivity contribution in [1.29, 1.82) is 0 Å². The summed E-state index contributed by atoms with van der Waals surface area (Å²) in [5.41, 5.74) is 3.60. The number of benzene rings is 1. The molecular weight excluding hydrogens is 274 g/mol. The Kier molecular flexibility index (Phi) is 4.89. The molecule has 0 saturated heterocycles. The number of ketones is 1. The lowest BCUT2D eigenvalue weighted by molar-refractivity contribution is 0.104. The third kappa shape index (κ3) is 3.50. The molecule has 0 aliphatic heterocycles. The first-order valence-corrected chi connectivity index (χ1v) is 7.13. The maximum absolute atomic E-state index is 12.3. The van der Waals surface area contributed by atoms with E-state index in [-0.39, 0.29) is 16.8 Å². The second-order valence-electron chi connectivity index (χ2n) is 5.17. The Balaban J connectivity index is 2.33. The van der Waals surface area contributed by atoms with E-state index in [1.807, 2.05) is 32.0 Å². The lowest BCUT2D eigenvalue weighted by Crippen LogP contribution is -2.14. The van der Waals surface area contributed by atoms with Crippen LogP contribution in [0, 0.1) is 13.8 Å². The van der Waals surface area contributed by atoms with Crippen molar-refractivity contribution in [1.82, 2.24) is 0 Å². The Morgan fingerprint density at radius 2 is 1.77 bits per heavy atom. The van der Waals surface area contributed by atoms with Crippen LogP contribution in [0.1, 0.15) is 27.0 Å². The number of hydrogen-bond acceptors (Lipinski definition) is 3. The summed E-state index contributed by atoms with van der Waals surface area (Å²) in [6.07, 6.45) is 3.18. The van der Waals surface area contributed by atoms with Gasteiger partial charge in [-0.2, -0.15) is 0 Å². The summed E-state index contributed by atoms with van der Waals surface area (Å²) in [6.45, 7) is 4.07. The van der Waals surface area contributed by atoms with Crippen LogP contribution in [-0.2, 0) is 0 Å². The molecule has 0 saturated carbocycles. The summed E-state index contributed by atoms with van der Waals surface area (Å²) in [6, 6.07) is 12.6. The average Bonchev–Trinajstić information content (AvgIpc) is 2.69. The Hall–Kier alpha value is -2.68. The summed E-state index contributed by atoms with van der Waals surface area (Å²) < 4.78 is 0.